The van der Waals surface area contributed by atoms with E-state index in [4.69, 9.17) is 22.7 Å². The van der Waals surface area contributed by atoms with Crippen molar-refractivity contribution in [2.75, 3.05) is 7.11 Å². The second-order valence-corrected chi connectivity index (χ2v) is 5.38. The van der Waals surface area contributed by atoms with Crippen molar-refractivity contribution in [3.8, 4) is 5.69 Å². The first-order valence-electron chi connectivity index (χ1n) is 6.90. The highest BCUT2D eigenvalue weighted by molar-refractivity contribution is 7.80. The standard InChI is InChI=1S/C16H18N4O2S/c1-10-7-13(9-18-19-16(17)23)11(2)20(10)14-6-4-5-12(8-14)15(21)22-3/h4-9H,1-3H3,(H3,17,19,23). The molecule has 2 rings (SSSR count). The maximum atomic E-state index is 11.7. The minimum atomic E-state index is -0.364. The second kappa shape index (κ2) is 7.06. The van der Waals surface area contributed by atoms with E-state index >= 15 is 0 Å². The van der Waals surface area contributed by atoms with E-state index in [0.717, 1.165) is 22.6 Å². The highest BCUT2D eigenvalue weighted by atomic mass is 32.1. The lowest BCUT2D eigenvalue weighted by molar-refractivity contribution is 0.0600. The van der Waals surface area contributed by atoms with Crippen LogP contribution in [0, 0.1) is 13.8 Å². The highest BCUT2D eigenvalue weighted by Gasteiger charge is 2.12. The van der Waals surface area contributed by atoms with Gasteiger partial charge < -0.3 is 15.0 Å². The molecule has 0 radical (unpaired) electrons. The number of benzene rings is 1. The zero-order valence-corrected chi connectivity index (χ0v) is 14.0. The van der Waals surface area contributed by atoms with Gasteiger partial charge in [-0.1, -0.05) is 6.07 Å². The van der Waals surface area contributed by atoms with Gasteiger partial charge in [0.25, 0.3) is 0 Å². The predicted octanol–water partition coefficient (Wildman–Crippen LogP) is 2.05. The SMILES string of the molecule is COC(=O)c1cccc(-n2c(C)cc(C=NNC(N)=S)c2C)c1. The van der Waals surface area contributed by atoms with E-state index in [1.165, 1.54) is 7.11 Å². The average molecular weight is 330 g/mol. The maximum absolute atomic E-state index is 11.7. The minimum Gasteiger partial charge on any atom is -0.465 e. The molecular formula is C16H18N4O2S. The van der Waals surface area contributed by atoms with E-state index in [1.54, 1.807) is 18.3 Å². The number of aromatic nitrogens is 1. The number of hydrogen-bond acceptors (Lipinski definition) is 4. The highest BCUT2D eigenvalue weighted by Crippen LogP contribution is 2.21. The molecule has 0 spiro atoms. The molecule has 0 amide bonds. The van der Waals surface area contributed by atoms with E-state index in [9.17, 15) is 4.79 Å². The summed E-state index contributed by atoms with van der Waals surface area (Å²) in [6.45, 7) is 3.95. The van der Waals surface area contributed by atoms with Crippen LogP contribution in [0.4, 0.5) is 0 Å². The zero-order chi connectivity index (χ0) is 17.0. The van der Waals surface area contributed by atoms with Gasteiger partial charge in [0.15, 0.2) is 5.11 Å². The summed E-state index contributed by atoms with van der Waals surface area (Å²) in [6, 6.07) is 9.26. The van der Waals surface area contributed by atoms with E-state index in [1.807, 2.05) is 36.6 Å². The number of hydrazone groups is 1. The van der Waals surface area contributed by atoms with Crippen LogP contribution in [-0.2, 0) is 4.74 Å². The third-order valence-corrected chi connectivity index (χ3v) is 3.47. The van der Waals surface area contributed by atoms with E-state index in [-0.39, 0.29) is 11.1 Å². The molecule has 120 valence electrons. The number of aryl methyl sites for hydroxylation is 1. The van der Waals surface area contributed by atoms with Crippen LogP contribution >= 0.6 is 12.2 Å². The third kappa shape index (κ3) is 3.75. The van der Waals surface area contributed by atoms with Crippen molar-refractivity contribution in [1.82, 2.24) is 9.99 Å². The molecule has 1 heterocycles. The minimum absolute atomic E-state index is 0.112. The Morgan fingerprint density at radius 3 is 2.78 bits per heavy atom. The molecule has 0 aliphatic carbocycles. The van der Waals surface area contributed by atoms with Gasteiger partial charge in [0.2, 0.25) is 0 Å². The molecule has 0 bridgehead atoms. The molecule has 6 nitrogen and oxygen atoms in total. The molecule has 1 aromatic carbocycles. The van der Waals surface area contributed by atoms with Crippen LogP contribution in [0.3, 0.4) is 0 Å². The van der Waals surface area contributed by atoms with Crippen LogP contribution in [0.1, 0.15) is 27.3 Å². The largest absolute Gasteiger partial charge is 0.465 e. The average Bonchev–Trinajstić information content (AvgIpc) is 2.80. The molecule has 0 fully saturated rings. The fourth-order valence-electron chi connectivity index (χ4n) is 2.37. The van der Waals surface area contributed by atoms with Crippen molar-refractivity contribution < 1.29 is 9.53 Å². The summed E-state index contributed by atoms with van der Waals surface area (Å²) >= 11 is 4.71. The van der Waals surface area contributed by atoms with Crippen molar-refractivity contribution in [3.05, 3.63) is 52.8 Å². The number of esters is 1. The lowest BCUT2D eigenvalue weighted by Gasteiger charge is -2.10. The van der Waals surface area contributed by atoms with Gasteiger partial charge in [-0.15, -0.1) is 0 Å². The molecule has 0 unspecified atom stereocenters. The smallest absolute Gasteiger partial charge is 0.337 e. The van der Waals surface area contributed by atoms with Gasteiger partial charge in [0, 0.05) is 22.6 Å². The monoisotopic (exact) mass is 330 g/mol. The molecule has 0 aliphatic heterocycles. The van der Waals surface area contributed by atoms with Crippen LogP contribution in [0.5, 0.6) is 0 Å². The van der Waals surface area contributed by atoms with Crippen molar-refractivity contribution in [1.29, 1.82) is 0 Å². The second-order valence-electron chi connectivity index (χ2n) is 4.94. The Morgan fingerprint density at radius 1 is 1.39 bits per heavy atom. The molecule has 0 saturated carbocycles. The Morgan fingerprint density at radius 2 is 2.13 bits per heavy atom. The third-order valence-electron chi connectivity index (χ3n) is 3.37. The lowest BCUT2D eigenvalue weighted by Crippen LogP contribution is -2.24. The summed E-state index contributed by atoms with van der Waals surface area (Å²) in [5, 5.41) is 4.09. The van der Waals surface area contributed by atoms with Gasteiger partial charge in [-0.2, -0.15) is 5.10 Å². The number of ether oxygens (including phenoxy) is 1. The van der Waals surface area contributed by atoms with Crippen molar-refractivity contribution >= 4 is 29.5 Å². The summed E-state index contributed by atoms with van der Waals surface area (Å²) in [5.74, 6) is -0.364. The van der Waals surface area contributed by atoms with Crippen LogP contribution in [0.25, 0.3) is 5.69 Å². The number of hydrogen-bond donors (Lipinski definition) is 2. The van der Waals surface area contributed by atoms with Crippen LogP contribution < -0.4 is 11.2 Å². The number of rotatable bonds is 4. The Hall–Kier alpha value is -2.67. The number of thiocarbonyl (C=S) groups is 1. The summed E-state index contributed by atoms with van der Waals surface area (Å²) in [7, 11) is 1.37. The summed E-state index contributed by atoms with van der Waals surface area (Å²) < 4.78 is 6.80. The summed E-state index contributed by atoms with van der Waals surface area (Å²) in [4.78, 5) is 11.7. The van der Waals surface area contributed by atoms with Crippen molar-refractivity contribution in [2.24, 2.45) is 10.8 Å². The fourth-order valence-corrected chi connectivity index (χ4v) is 2.42. The molecule has 0 aliphatic rings. The van der Waals surface area contributed by atoms with Gasteiger partial charge in [-0.3, -0.25) is 5.43 Å². The first kappa shape index (κ1) is 16.7. The van der Waals surface area contributed by atoms with Crippen LogP contribution in [0.2, 0.25) is 0 Å². The summed E-state index contributed by atoms with van der Waals surface area (Å²) in [6.07, 6.45) is 1.65. The molecular weight excluding hydrogens is 312 g/mol. The molecule has 3 N–H and O–H groups in total. The van der Waals surface area contributed by atoms with Crippen molar-refractivity contribution in [3.63, 3.8) is 0 Å². The van der Waals surface area contributed by atoms with Gasteiger partial charge in [-0.25, -0.2) is 4.79 Å². The number of nitrogens with zero attached hydrogens (tertiary/aromatic N) is 2. The quantitative estimate of drug-likeness (QED) is 0.388. The molecule has 2 aromatic rings. The number of nitrogens with two attached hydrogens (primary N) is 1. The van der Waals surface area contributed by atoms with Gasteiger partial charge in [0.1, 0.15) is 0 Å². The molecule has 7 heteroatoms. The van der Waals surface area contributed by atoms with Gasteiger partial charge in [-0.05, 0) is 50.3 Å². The number of carbonyl (C=O) groups excluding carboxylic acids is 1. The van der Waals surface area contributed by atoms with Gasteiger partial charge in [0.05, 0.1) is 18.9 Å². The van der Waals surface area contributed by atoms with Crippen molar-refractivity contribution in [2.45, 2.75) is 13.8 Å². The van der Waals surface area contributed by atoms with E-state index in [2.05, 4.69) is 10.5 Å². The fraction of sp³-hybridized carbons (Fsp3) is 0.188. The van der Waals surface area contributed by atoms with Crippen LogP contribution in [-0.4, -0.2) is 29.0 Å². The number of nitrogens with one attached hydrogen (secondary N) is 1. The predicted molar refractivity (Wildman–Crippen MR) is 94.1 cm³/mol. The molecule has 0 atom stereocenters. The zero-order valence-electron chi connectivity index (χ0n) is 13.2. The Balaban J connectivity index is 2.41. The molecule has 1 aromatic heterocycles. The molecule has 0 saturated heterocycles. The first-order chi connectivity index (χ1) is 10.9. The van der Waals surface area contributed by atoms with Crippen LogP contribution in [0.15, 0.2) is 35.4 Å². The summed E-state index contributed by atoms with van der Waals surface area (Å²) in [5.41, 5.74) is 12.2. The molecule has 23 heavy (non-hydrogen) atoms. The number of carbonyl (C=O) groups is 1. The number of methoxy groups -OCH3 is 1. The Bertz CT molecular complexity index is 780. The Labute approximate surface area is 139 Å². The first-order valence-corrected chi connectivity index (χ1v) is 7.31. The van der Waals surface area contributed by atoms with E-state index < -0.39 is 0 Å². The lowest BCUT2D eigenvalue weighted by atomic mass is 10.2. The Kier molecular flexibility index (Phi) is 5.13. The maximum Gasteiger partial charge on any atom is 0.337 e. The van der Waals surface area contributed by atoms with Gasteiger partial charge >= 0.3 is 5.97 Å². The topological polar surface area (TPSA) is 81.6 Å². The van der Waals surface area contributed by atoms with E-state index in [0.29, 0.717) is 5.56 Å². The normalized spacial score (nSPS) is 10.7.